The van der Waals surface area contributed by atoms with Gasteiger partial charge in [0.25, 0.3) is 0 Å². The summed E-state index contributed by atoms with van der Waals surface area (Å²) in [5.41, 5.74) is -0.791. The average Bonchev–Trinajstić information content (AvgIpc) is 2.42. The van der Waals surface area contributed by atoms with Crippen molar-refractivity contribution in [1.29, 1.82) is 0 Å². The Morgan fingerprint density at radius 1 is 1.08 bits per heavy atom. The van der Waals surface area contributed by atoms with Gasteiger partial charge in [-0.15, -0.1) is 24.0 Å². The van der Waals surface area contributed by atoms with Crippen molar-refractivity contribution >= 4 is 41.9 Å². The topological polar surface area (TPSA) is 95.1 Å². The number of hydrogen-bond acceptors (Lipinski definition) is 4. The van der Waals surface area contributed by atoms with E-state index in [1.54, 1.807) is 11.9 Å². The minimum absolute atomic E-state index is 0. The Balaban J connectivity index is 0. The summed E-state index contributed by atoms with van der Waals surface area (Å²) in [6.07, 6.45) is -0.343. The lowest BCUT2D eigenvalue weighted by Crippen LogP contribution is -2.49. The lowest BCUT2D eigenvalue weighted by molar-refractivity contribution is -0.121. The standard InChI is InChI=1S/C17H35N5O3.HI/c1-9-22(15(24)25-17(5,6)7)11-10-19-14(18-8)20-12-13(23)21-16(2,3)4;/h9-12H2,1-8H3,(H,21,23)(H2,18,19,20);1H. The van der Waals surface area contributed by atoms with Crippen LogP contribution in [0.1, 0.15) is 48.5 Å². The molecule has 0 rings (SSSR count). The van der Waals surface area contributed by atoms with Crippen molar-refractivity contribution in [1.82, 2.24) is 20.9 Å². The number of ether oxygens (including phenoxy) is 1. The quantitative estimate of drug-likeness (QED) is 0.304. The second-order valence-electron chi connectivity index (χ2n) is 7.71. The highest BCUT2D eigenvalue weighted by Gasteiger charge is 2.20. The van der Waals surface area contributed by atoms with E-state index in [1.807, 2.05) is 48.5 Å². The van der Waals surface area contributed by atoms with E-state index in [9.17, 15) is 9.59 Å². The highest BCUT2D eigenvalue weighted by atomic mass is 127. The molecule has 0 atom stereocenters. The second-order valence-corrected chi connectivity index (χ2v) is 7.71. The molecule has 26 heavy (non-hydrogen) atoms. The summed E-state index contributed by atoms with van der Waals surface area (Å²) >= 11 is 0. The van der Waals surface area contributed by atoms with Crippen LogP contribution >= 0.6 is 24.0 Å². The third-order valence-corrected chi connectivity index (χ3v) is 2.86. The molecule has 8 nitrogen and oxygen atoms in total. The summed E-state index contributed by atoms with van der Waals surface area (Å²) in [5.74, 6) is 0.392. The normalized spacial score (nSPS) is 11.9. The van der Waals surface area contributed by atoms with E-state index < -0.39 is 5.60 Å². The fraction of sp³-hybridized carbons (Fsp3) is 0.824. The maximum atomic E-state index is 12.1. The maximum Gasteiger partial charge on any atom is 0.410 e. The van der Waals surface area contributed by atoms with Crippen molar-refractivity contribution in [2.75, 3.05) is 33.2 Å². The molecule has 3 N–H and O–H groups in total. The van der Waals surface area contributed by atoms with Gasteiger partial charge in [-0.2, -0.15) is 0 Å². The van der Waals surface area contributed by atoms with Gasteiger partial charge in [-0.1, -0.05) is 0 Å². The van der Waals surface area contributed by atoms with Crippen LogP contribution in [0.5, 0.6) is 0 Å². The van der Waals surface area contributed by atoms with E-state index in [1.165, 1.54) is 0 Å². The molecule has 2 amide bonds. The maximum absolute atomic E-state index is 12.1. The van der Waals surface area contributed by atoms with Gasteiger partial charge in [0.05, 0.1) is 6.54 Å². The molecule has 0 saturated carbocycles. The van der Waals surface area contributed by atoms with Gasteiger partial charge in [0, 0.05) is 32.2 Å². The largest absolute Gasteiger partial charge is 0.444 e. The van der Waals surface area contributed by atoms with Gasteiger partial charge in [0.2, 0.25) is 5.91 Å². The number of nitrogens with one attached hydrogen (secondary N) is 3. The molecule has 0 bridgehead atoms. The molecule has 0 aliphatic rings. The van der Waals surface area contributed by atoms with Gasteiger partial charge in [0.1, 0.15) is 5.60 Å². The molecule has 0 spiro atoms. The molecule has 9 heteroatoms. The number of hydrogen-bond donors (Lipinski definition) is 3. The Labute approximate surface area is 174 Å². The molecule has 154 valence electrons. The van der Waals surface area contributed by atoms with Crippen LogP contribution < -0.4 is 16.0 Å². The van der Waals surface area contributed by atoms with Crippen LogP contribution in [0.4, 0.5) is 4.79 Å². The number of carbonyl (C=O) groups is 2. The Bertz CT molecular complexity index is 470. The molecular weight excluding hydrogens is 449 g/mol. The summed E-state index contributed by atoms with van der Waals surface area (Å²) < 4.78 is 5.36. The summed E-state index contributed by atoms with van der Waals surface area (Å²) in [5, 5.41) is 8.89. The fourth-order valence-corrected chi connectivity index (χ4v) is 1.86. The third kappa shape index (κ3) is 14.0. The van der Waals surface area contributed by atoms with Crippen molar-refractivity contribution in [3.8, 4) is 0 Å². The van der Waals surface area contributed by atoms with Crippen molar-refractivity contribution in [2.45, 2.75) is 59.6 Å². The van der Waals surface area contributed by atoms with Crippen molar-refractivity contribution in [3.63, 3.8) is 0 Å². The molecular formula is C17H36IN5O3. The monoisotopic (exact) mass is 485 g/mol. The van der Waals surface area contributed by atoms with Crippen LogP contribution in [0, 0.1) is 0 Å². The first-order valence-electron chi connectivity index (χ1n) is 8.61. The zero-order valence-corrected chi connectivity index (χ0v) is 19.7. The van der Waals surface area contributed by atoms with E-state index in [0.717, 1.165) is 0 Å². The molecule has 0 fully saturated rings. The molecule has 0 aromatic carbocycles. The van der Waals surface area contributed by atoms with Crippen LogP contribution in [0.3, 0.4) is 0 Å². The molecule has 0 saturated heterocycles. The number of carbonyl (C=O) groups excluding carboxylic acids is 2. The van der Waals surface area contributed by atoms with E-state index in [0.29, 0.717) is 25.6 Å². The summed E-state index contributed by atoms with van der Waals surface area (Å²) in [6.45, 7) is 14.8. The van der Waals surface area contributed by atoms with Crippen molar-refractivity contribution in [2.24, 2.45) is 4.99 Å². The molecule has 0 radical (unpaired) electrons. The molecule has 0 unspecified atom stereocenters. The zero-order chi connectivity index (χ0) is 19.7. The van der Waals surface area contributed by atoms with Gasteiger partial charge < -0.3 is 25.6 Å². The highest BCUT2D eigenvalue weighted by molar-refractivity contribution is 14.0. The SMILES string of the molecule is CCN(CCNC(=NC)NCC(=O)NC(C)(C)C)C(=O)OC(C)(C)C.I. The van der Waals surface area contributed by atoms with Crippen LogP contribution in [-0.2, 0) is 9.53 Å². The van der Waals surface area contributed by atoms with E-state index in [-0.39, 0.29) is 48.1 Å². The first-order chi connectivity index (χ1) is 11.4. The Kier molecular flexibility index (Phi) is 12.6. The summed E-state index contributed by atoms with van der Waals surface area (Å²) in [6, 6.07) is 0. The predicted molar refractivity (Wildman–Crippen MR) is 116 cm³/mol. The molecule has 0 heterocycles. The van der Waals surface area contributed by atoms with Gasteiger partial charge in [0.15, 0.2) is 5.96 Å². The number of aliphatic imine (C=N–C) groups is 1. The smallest absolute Gasteiger partial charge is 0.410 e. The second kappa shape index (κ2) is 12.2. The lowest BCUT2D eigenvalue weighted by atomic mass is 10.1. The van der Waals surface area contributed by atoms with Gasteiger partial charge >= 0.3 is 6.09 Å². The fourth-order valence-electron chi connectivity index (χ4n) is 1.86. The van der Waals surface area contributed by atoms with E-state index in [2.05, 4.69) is 20.9 Å². The number of likely N-dealkylation sites (N-methyl/N-ethyl adjacent to an activating group) is 1. The minimum atomic E-state index is -0.518. The van der Waals surface area contributed by atoms with Crippen LogP contribution in [0.15, 0.2) is 4.99 Å². The lowest BCUT2D eigenvalue weighted by Gasteiger charge is -2.26. The van der Waals surface area contributed by atoms with Crippen LogP contribution in [0.25, 0.3) is 0 Å². The predicted octanol–water partition coefficient (Wildman–Crippen LogP) is 1.94. The zero-order valence-electron chi connectivity index (χ0n) is 17.4. The number of guanidine groups is 1. The van der Waals surface area contributed by atoms with Crippen LogP contribution in [-0.4, -0.2) is 67.2 Å². The van der Waals surface area contributed by atoms with Crippen molar-refractivity contribution < 1.29 is 14.3 Å². The van der Waals surface area contributed by atoms with Gasteiger partial charge in [-0.3, -0.25) is 9.79 Å². The Morgan fingerprint density at radius 3 is 2.08 bits per heavy atom. The first-order valence-corrected chi connectivity index (χ1v) is 8.61. The third-order valence-electron chi connectivity index (χ3n) is 2.86. The number of halogens is 1. The molecule has 0 aromatic heterocycles. The Morgan fingerprint density at radius 2 is 1.65 bits per heavy atom. The van der Waals surface area contributed by atoms with E-state index >= 15 is 0 Å². The summed E-state index contributed by atoms with van der Waals surface area (Å²) in [7, 11) is 1.63. The van der Waals surface area contributed by atoms with Crippen LogP contribution in [0.2, 0.25) is 0 Å². The molecule has 0 aliphatic carbocycles. The first kappa shape index (κ1) is 27.0. The minimum Gasteiger partial charge on any atom is -0.444 e. The number of amides is 2. The molecule has 0 aliphatic heterocycles. The highest BCUT2D eigenvalue weighted by Crippen LogP contribution is 2.09. The van der Waals surface area contributed by atoms with Gasteiger partial charge in [-0.05, 0) is 48.5 Å². The van der Waals surface area contributed by atoms with Gasteiger partial charge in [-0.25, -0.2) is 4.79 Å². The average molecular weight is 485 g/mol. The number of rotatable bonds is 6. The molecule has 0 aromatic rings. The number of nitrogens with zero attached hydrogens (tertiary/aromatic N) is 2. The summed E-state index contributed by atoms with van der Waals surface area (Å²) in [4.78, 5) is 29.5. The van der Waals surface area contributed by atoms with Crippen molar-refractivity contribution in [3.05, 3.63) is 0 Å². The Hall–Kier alpha value is -1.26. The van der Waals surface area contributed by atoms with E-state index in [4.69, 9.17) is 4.74 Å².